The number of nitrogens with zero attached hydrogens (tertiary/aromatic N) is 1. The van der Waals surface area contributed by atoms with Crippen molar-refractivity contribution in [2.45, 2.75) is 23.1 Å². The first-order valence-corrected chi connectivity index (χ1v) is 13.3. The Bertz CT molecular complexity index is 1190. The minimum atomic E-state index is -3.66. The van der Waals surface area contributed by atoms with E-state index in [0.29, 0.717) is 28.7 Å². The molecular formula is C24H25N3O4S2. The fourth-order valence-electron chi connectivity index (χ4n) is 3.20. The van der Waals surface area contributed by atoms with Gasteiger partial charge >= 0.3 is 0 Å². The molecule has 0 spiro atoms. The van der Waals surface area contributed by atoms with Crippen LogP contribution in [0.15, 0.2) is 78.0 Å². The summed E-state index contributed by atoms with van der Waals surface area (Å²) < 4.78 is 26.1. The molecule has 0 fully saturated rings. The minimum Gasteiger partial charge on any atom is -0.302 e. The quantitative estimate of drug-likeness (QED) is 0.318. The zero-order chi connectivity index (χ0) is 23.7. The number of hydrogen-bond donors (Lipinski definition) is 2. The van der Waals surface area contributed by atoms with Gasteiger partial charge in [-0.2, -0.15) is 11.8 Å². The van der Waals surface area contributed by atoms with Gasteiger partial charge in [0.05, 0.1) is 16.7 Å². The molecule has 1 atom stereocenters. The van der Waals surface area contributed by atoms with Crippen LogP contribution in [-0.2, 0) is 20.4 Å². The molecule has 0 radical (unpaired) electrons. The first kappa shape index (κ1) is 24.6. The molecule has 172 valence electrons. The highest BCUT2D eigenvalue weighted by atomic mass is 32.2. The van der Waals surface area contributed by atoms with Gasteiger partial charge in [-0.25, -0.2) is 13.8 Å². The highest BCUT2D eigenvalue weighted by Gasteiger charge is 2.21. The lowest BCUT2D eigenvalue weighted by Crippen LogP contribution is -2.45. The van der Waals surface area contributed by atoms with Crippen molar-refractivity contribution in [3.8, 4) is 11.1 Å². The molecule has 33 heavy (non-hydrogen) atoms. The van der Waals surface area contributed by atoms with Crippen LogP contribution >= 0.6 is 11.8 Å². The number of hydrogen-bond acceptors (Lipinski definition) is 7. The lowest BCUT2D eigenvalue weighted by Gasteiger charge is -2.16. The molecule has 0 aliphatic rings. The number of benzene rings is 2. The Hall–Kier alpha value is -3.01. The fraction of sp³-hybridized carbons (Fsp3) is 0.208. The Morgan fingerprint density at radius 1 is 1.12 bits per heavy atom. The molecule has 3 rings (SSSR count). The third kappa shape index (κ3) is 6.74. The molecule has 0 saturated carbocycles. The number of aromatic nitrogens is 1. The smallest absolute Gasteiger partial charge is 0.266 e. The first-order chi connectivity index (χ1) is 15.9. The van der Waals surface area contributed by atoms with Crippen LogP contribution in [-0.4, -0.2) is 43.6 Å². The maximum atomic E-state index is 13.0. The summed E-state index contributed by atoms with van der Waals surface area (Å²) in [6.45, 7) is 0. The van der Waals surface area contributed by atoms with Crippen LogP contribution < -0.4 is 10.9 Å². The Kier molecular flexibility index (Phi) is 8.76. The van der Waals surface area contributed by atoms with E-state index in [1.165, 1.54) is 24.4 Å². The second kappa shape index (κ2) is 11.7. The van der Waals surface area contributed by atoms with Crippen LogP contribution in [0.2, 0.25) is 0 Å². The molecule has 7 nitrogen and oxygen atoms in total. The average molecular weight is 484 g/mol. The van der Waals surface area contributed by atoms with Crippen LogP contribution in [0, 0.1) is 0 Å². The number of sulfone groups is 1. The number of thioether (sulfide) groups is 1. The molecule has 2 aromatic carbocycles. The second-order valence-corrected chi connectivity index (χ2v) is 10.3. The van der Waals surface area contributed by atoms with E-state index in [9.17, 15) is 18.0 Å². The molecule has 2 N–H and O–H groups in total. The molecule has 0 aliphatic carbocycles. The molecule has 1 heterocycles. The van der Waals surface area contributed by atoms with Crippen molar-refractivity contribution >= 4 is 33.8 Å². The molecular weight excluding hydrogens is 458 g/mol. The van der Waals surface area contributed by atoms with Gasteiger partial charge in [-0.15, -0.1) is 0 Å². The van der Waals surface area contributed by atoms with Crippen LogP contribution in [0.3, 0.4) is 0 Å². The number of nitrogens with one attached hydrogen (secondary N) is 2. The Labute approximate surface area is 197 Å². The Morgan fingerprint density at radius 3 is 2.58 bits per heavy atom. The summed E-state index contributed by atoms with van der Waals surface area (Å²) in [6, 6.07) is 16.4. The molecule has 0 unspecified atom stereocenters. The normalized spacial score (nSPS) is 12.2. The van der Waals surface area contributed by atoms with Crippen LogP contribution in [0.25, 0.3) is 11.1 Å². The number of carbonyl (C=O) groups excluding carboxylic acids is 2. The summed E-state index contributed by atoms with van der Waals surface area (Å²) in [5.74, 6) is 0.116. The highest BCUT2D eigenvalue weighted by Crippen LogP contribution is 2.28. The summed E-state index contributed by atoms with van der Waals surface area (Å²) in [6.07, 6.45) is 6.37. The number of rotatable bonds is 11. The number of pyridine rings is 1. The molecule has 9 heteroatoms. The van der Waals surface area contributed by atoms with E-state index in [2.05, 4.69) is 15.8 Å². The van der Waals surface area contributed by atoms with Gasteiger partial charge in [-0.3, -0.25) is 15.2 Å². The van der Waals surface area contributed by atoms with Gasteiger partial charge in [0.2, 0.25) is 0 Å². The summed E-state index contributed by atoms with van der Waals surface area (Å²) in [7, 11) is -3.66. The molecule has 3 aromatic rings. The number of aldehydes is 1. The van der Waals surface area contributed by atoms with Crippen molar-refractivity contribution in [2.24, 2.45) is 0 Å². The van der Waals surface area contributed by atoms with Gasteiger partial charge in [0.15, 0.2) is 9.84 Å². The van der Waals surface area contributed by atoms with E-state index in [4.69, 9.17) is 0 Å². The number of hydrazine groups is 1. The molecule has 1 amide bonds. The largest absolute Gasteiger partial charge is 0.302 e. The van der Waals surface area contributed by atoms with E-state index in [1.54, 1.807) is 30.1 Å². The Morgan fingerprint density at radius 2 is 1.91 bits per heavy atom. The van der Waals surface area contributed by atoms with Gasteiger partial charge in [0.25, 0.3) is 5.91 Å². The van der Waals surface area contributed by atoms with Crippen molar-refractivity contribution < 1.29 is 18.0 Å². The predicted octanol–water partition coefficient (Wildman–Crippen LogP) is 3.28. The lowest BCUT2D eigenvalue weighted by molar-refractivity contribution is -0.109. The number of amides is 1. The molecule has 0 aliphatic heterocycles. The fourth-order valence-corrected chi connectivity index (χ4v) is 5.04. The van der Waals surface area contributed by atoms with Crippen LogP contribution in [0.5, 0.6) is 0 Å². The zero-order valence-electron chi connectivity index (χ0n) is 18.1. The summed E-state index contributed by atoms with van der Waals surface area (Å²) >= 11 is 1.61. The van der Waals surface area contributed by atoms with Gasteiger partial charge < -0.3 is 4.79 Å². The van der Waals surface area contributed by atoms with Crippen LogP contribution in [0.4, 0.5) is 0 Å². The number of carbonyl (C=O) groups is 2. The summed E-state index contributed by atoms with van der Waals surface area (Å²) in [5, 5.41) is 0. The van der Waals surface area contributed by atoms with E-state index in [0.717, 1.165) is 12.0 Å². The van der Waals surface area contributed by atoms with Gasteiger partial charge in [0.1, 0.15) is 6.29 Å². The van der Waals surface area contributed by atoms with Crippen LogP contribution in [0.1, 0.15) is 22.3 Å². The van der Waals surface area contributed by atoms with Crippen molar-refractivity contribution in [1.82, 2.24) is 15.8 Å². The standard InChI is InChI=1S/C24H25N3O4S2/c1-32-13-11-20(16-28)26-27-24(29)22-10-9-21(14-23(22)19-7-3-2-4-8-19)33(30,31)17-18-6-5-12-25-15-18/h2-10,12,14-16,20,26H,11,13,17H2,1H3,(H,27,29)/t20-/m1/s1. The summed E-state index contributed by atoms with van der Waals surface area (Å²) in [4.78, 5) is 28.3. The summed E-state index contributed by atoms with van der Waals surface area (Å²) in [5.41, 5.74) is 7.39. The molecule has 0 saturated heterocycles. The SMILES string of the molecule is CSCC[C@H](C=O)NNC(=O)c1ccc(S(=O)(=O)Cc2cccnc2)cc1-c1ccccc1. The maximum Gasteiger partial charge on any atom is 0.266 e. The van der Waals surface area contributed by atoms with E-state index >= 15 is 0 Å². The van der Waals surface area contributed by atoms with Gasteiger partial charge in [-0.05, 0) is 59.4 Å². The van der Waals surface area contributed by atoms with Gasteiger partial charge in [-0.1, -0.05) is 36.4 Å². The Balaban J connectivity index is 1.91. The van der Waals surface area contributed by atoms with Crippen molar-refractivity contribution in [3.05, 3.63) is 84.2 Å². The zero-order valence-corrected chi connectivity index (χ0v) is 19.7. The highest BCUT2D eigenvalue weighted by molar-refractivity contribution is 7.98. The van der Waals surface area contributed by atoms with Crippen molar-refractivity contribution in [1.29, 1.82) is 0 Å². The monoisotopic (exact) mass is 483 g/mol. The minimum absolute atomic E-state index is 0.112. The predicted molar refractivity (Wildman–Crippen MR) is 130 cm³/mol. The first-order valence-electron chi connectivity index (χ1n) is 10.3. The molecule has 0 bridgehead atoms. The second-order valence-electron chi connectivity index (χ2n) is 7.32. The third-order valence-corrected chi connectivity index (χ3v) is 7.26. The van der Waals surface area contributed by atoms with E-state index in [1.807, 2.05) is 36.6 Å². The van der Waals surface area contributed by atoms with Gasteiger partial charge in [0, 0.05) is 18.0 Å². The van der Waals surface area contributed by atoms with E-state index < -0.39 is 21.8 Å². The maximum absolute atomic E-state index is 13.0. The topological polar surface area (TPSA) is 105 Å². The molecule has 1 aromatic heterocycles. The lowest BCUT2D eigenvalue weighted by atomic mass is 9.99. The third-order valence-electron chi connectivity index (χ3n) is 4.93. The van der Waals surface area contributed by atoms with Crippen molar-refractivity contribution in [2.75, 3.05) is 12.0 Å². The van der Waals surface area contributed by atoms with E-state index in [-0.39, 0.29) is 10.6 Å². The van der Waals surface area contributed by atoms with Crippen molar-refractivity contribution in [3.63, 3.8) is 0 Å². The average Bonchev–Trinajstić information content (AvgIpc) is 2.84.